The number of H-pyrrole nitrogens is 1. The summed E-state index contributed by atoms with van der Waals surface area (Å²) in [6.45, 7) is 1.72. The van der Waals surface area contributed by atoms with Crippen LogP contribution in [-0.4, -0.2) is 40.0 Å². The van der Waals surface area contributed by atoms with Crippen molar-refractivity contribution in [2.75, 3.05) is 18.0 Å². The first-order valence-corrected chi connectivity index (χ1v) is 10.2. The first-order valence-electron chi connectivity index (χ1n) is 10.2. The van der Waals surface area contributed by atoms with Crippen molar-refractivity contribution in [3.63, 3.8) is 0 Å². The maximum absolute atomic E-state index is 12.5. The number of aromatic amines is 1. The summed E-state index contributed by atoms with van der Waals surface area (Å²) in [4.78, 5) is 26.5. The van der Waals surface area contributed by atoms with E-state index in [4.69, 9.17) is 0 Å². The number of pyridine rings is 1. The molecule has 4 aliphatic rings. The molecule has 2 saturated carbocycles. The van der Waals surface area contributed by atoms with Crippen LogP contribution >= 0.6 is 0 Å². The molecule has 0 spiro atoms. The minimum atomic E-state index is -0.1000. The van der Waals surface area contributed by atoms with Crippen LogP contribution in [0.2, 0.25) is 0 Å². The van der Waals surface area contributed by atoms with E-state index in [0.29, 0.717) is 18.3 Å². The number of imidazole rings is 1. The third-order valence-electron chi connectivity index (χ3n) is 6.65. The highest BCUT2D eigenvalue weighted by molar-refractivity contribution is 5.93. The lowest BCUT2D eigenvalue weighted by molar-refractivity contribution is 0.0949. The zero-order chi connectivity index (χ0) is 18.2. The van der Waals surface area contributed by atoms with Gasteiger partial charge >= 0.3 is 0 Å². The van der Waals surface area contributed by atoms with Gasteiger partial charge in [0.15, 0.2) is 0 Å². The zero-order valence-corrected chi connectivity index (χ0v) is 15.6. The van der Waals surface area contributed by atoms with Gasteiger partial charge in [-0.05, 0) is 62.0 Å². The average Bonchev–Trinajstić information content (AvgIpc) is 3.11. The van der Waals surface area contributed by atoms with Crippen molar-refractivity contribution in [1.29, 1.82) is 0 Å². The lowest BCUT2D eigenvalue weighted by Gasteiger charge is -2.39. The van der Waals surface area contributed by atoms with Crippen molar-refractivity contribution in [2.24, 2.45) is 17.8 Å². The van der Waals surface area contributed by atoms with Crippen LogP contribution < -0.4 is 10.2 Å². The van der Waals surface area contributed by atoms with E-state index < -0.39 is 0 Å². The largest absolute Gasteiger partial charge is 0.368 e. The quantitative estimate of drug-likeness (QED) is 0.854. The van der Waals surface area contributed by atoms with Crippen molar-refractivity contribution in [3.8, 4) is 0 Å². The summed E-state index contributed by atoms with van der Waals surface area (Å²) in [7, 11) is 0. The lowest BCUT2D eigenvalue weighted by atomic mass is 9.68. The number of nitrogens with one attached hydrogen (secondary N) is 2. The fraction of sp³-hybridized carbons (Fsp3) is 0.571. The van der Waals surface area contributed by atoms with E-state index in [2.05, 4.69) is 31.2 Å². The van der Waals surface area contributed by atoms with Crippen LogP contribution in [0.3, 0.4) is 0 Å². The number of fused-ring (bicyclic) bond motifs is 1. The highest BCUT2D eigenvalue weighted by atomic mass is 16.1. The van der Waals surface area contributed by atoms with Gasteiger partial charge in [0.25, 0.3) is 5.91 Å². The molecule has 4 bridgehead atoms. The highest BCUT2D eigenvalue weighted by Crippen LogP contribution is 2.48. The molecule has 2 aliphatic carbocycles. The molecule has 4 heterocycles. The standard InChI is InChI=1S/C21H27N5O/c27-21(24-3-1-17-11-22-13-25-17)20-10-18(2-4-23-20)26-12-16-6-14-5-15(7-16)9-19(26)8-14/h2,4,10-11,13-16,19H,1,3,5-9,12H2,(H,22,25)(H,24,27)/t14-,15+,16?,19?. The molecule has 0 aromatic carbocycles. The van der Waals surface area contributed by atoms with E-state index in [1.165, 1.54) is 37.8 Å². The Kier molecular flexibility index (Phi) is 4.34. The summed E-state index contributed by atoms with van der Waals surface area (Å²) in [5.41, 5.74) is 2.70. The zero-order valence-electron chi connectivity index (χ0n) is 15.6. The third-order valence-corrected chi connectivity index (χ3v) is 6.65. The first-order chi connectivity index (χ1) is 13.2. The van der Waals surface area contributed by atoms with Crippen LogP contribution in [0, 0.1) is 17.8 Å². The van der Waals surface area contributed by atoms with Gasteiger partial charge in [0.05, 0.1) is 6.33 Å². The smallest absolute Gasteiger partial charge is 0.269 e. The van der Waals surface area contributed by atoms with E-state index >= 15 is 0 Å². The SMILES string of the molecule is O=C(NCCc1cnc[nH]1)c1cc(N2CC3C[C@@H]4CC2C[C@H](C3)C4)ccn1. The Hall–Kier alpha value is -2.37. The van der Waals surface area contributed by atoms with Crippen molar-refractivity contribution in [2.45, 2.75) is 44.6 Å². The van der Waals surface area contributed by atoms with Gasteiger partial charge in [-0.2, -0.15) is 0 Å². The van der Waals surface area contributed by atoms with Gasteiger partial charge in [0.1, 0.15) is 5.69 Å². The number of carbonyl (C=O) groups is 1. The Morgan fingerprint density at radius 2 is 2.00 bits per heavy atom. The molecule has 6 rings (SSSR count). The molecule has 2 aromatic rings. The van der Waals surface area contributed by atoms with Gasteiger partial charge in [0.2, 0.25) is 0 Å². The maximum Gasteiger partial charge on any atom is 0.269 e. The second kappa shape index (κ2) is 6.98. The third kappa shape index (κ3) is 3.45. The van der Waals surface area contributed by atoms with Crippen LogP contribution in [0.25, 0.3) is 0 Å². The number of hydrogen-bond donors (Lipinski definition) is 2. The van der Waals surface area contributed by atoms with E-state index in [1.54, 1.807) is 18.7 Å². The van der Waals surface area contributed by atoms with Gasteiger partial charge in [-0.1, -0.05) is 0 Å². The van der Waals surface area contributed by atoms with Gasteiger partial charge in [0, 0.05) is 49.3 Å². The molecule has 2 saturated heterocycles. The number of aromatic nitrogens is 3. The van der Waals surface area contributed by atoms with E-state index in [9.17, 15) is 4.79 Å². The summed E-state index contributed by atoms with van der Waals surface area (Å²) in [6, 6.07) is 4.70. The lowest BCUT2D eigenvalue weighted by Crippen LogP contribution is -2.38. The minimum Gasteiger partial charge on any atom is -0.368 e. The van der Waals surface area contributed by atoms with Gasteiger partial charge in [-0.3, -0.25) is 9.78 Å². The molecule has 142 valence electrons. The van der Waals surface area contributed by atoms with Gasteiger partial charge < -0.3 is 15.2 Å². The molecule has 2 aliphatic heterocycles. The molecule has 2 N–H and O–H groups in total. The van der Waals surface area contributed by atoms with Crippen LogP contribution in [0.15, 0.2) is 30.9 Å². The van der Waals surface area contributed by atoms with Crippen LogP contribution in [0.4, 0.5) is 5.69 Å². The second-order valence-electron chi connectivity index (χ2n) is 8.56. The van der Waals surface area contributed by atoms with Crippen LogP contribution in [-0.2, 0) is 6.42 Å². The first kappa shape index (κ1) is 16.8. The second-order valence-corrected chi connectivity index (χ2v) is 8.56. The minimum absolute atomic E-state index is 0.1000. The molecule has 6 nitrogen and oxygen atoms in total. The Bertz CT molecular complexity index is 791. The molecule has 1 amide bonds. The molecular weight excluding hydrogens is 338 g/mol. The van der Waals surface area contributed by atoms with E-state index in [1.807, 2.05) is 6.07 Å². The maximum atomic E-state index is 12.5. The van der Waals surface area contributed by atoms with Gasteiger partial charge in [-0.25, -0.2) is 4.98 Å². The molecule has 0 radical (unpaired) electrons. The molecule has 27 heavy (non-hydrogen) atoms. The Labute approximate surface area is 159 Å². The molecule has 2 aromatic heterocycles. The fourth-order valence-corrected chi connectivity index (χ4v) is 5.65. The number of carbonyl (C=O) groups excluding carboxylic acids is 1. The predicted molar refractivity (Wildman–Crippen MR) is 104 cm³/mol. The fourth-order valence-electron chi connectivity index (χ4n) is 5.65. The van der Waals surface area contributed by atoms with E-state index in [-0.39, 0.29) is 5.91 Å². The monoisotopic (exact) mass is 365 g/mol. The van der Waals surface area contributed by atoms with Crippen molar-refractivity contribution < 1.29 is 4.79 Å². The summed E-state index contributed by atoms with van der Waals surface area (Å²) in [5.74, 6) is 2.56. The van der Waals surface area contributed by atoms with E-state index in [0.717, 1.165) is 36.4 Å². The summed E-state index contributed by atoms with van der Waals surface area (Å²) in [6.07, 6.45) is 12.9. The molecular formula is C21H27N5O. The number of rotatable bonds is 5. The molecule has 6 heteroatoms. The molecule has 4 atom stereocenters. The van der Waals surface area contributed by atoms with Crippen molar-refractivity contribution in [1.82, 2.24) is 20.3 Å². The van der Waals surface area contributed by atoms with Crippen LogP contribution in [0.1, 0.15) is 48.3 Å². The Morgan fingerprint density at radius 3 is 2.78 bits per heavy atom. The Balaban J connectivity index is 1.28. The molecule has 2 unspecified atom stereocenters. The Morgan fingerprint density at radius 1 is 1.19 bits per heavy atom. The normalized spacial score (nSPS) is 29.0. The van der Waals surface area contributed by atoms with Crippen LogP contribution in [0.5, 0.6) is 0 Å². The highest BCUT2D eigenvalue weighted by Gasteiger charge is 2.42. The topological polar surface area (TPSA) is 73.9 Å². The number of amides is 1. The summed E-state index contributed by atoms with van der Waals surface area (Å²) >= 11 is 0. The number of hydrogen-bond acceptors (Lipinski definition) is 4. The average molecular weight is 365 g/mol. The summed E-state index contributed by atoms with van der Waals surface area (Å²) < 4.78 is 0. The van der Waals surface area contributed by atoms with Gasteiger partial charge in [-0.15, -0.1) is 0 Å². The summed E-state index contributed by atoms with van der Waals surface area (Å²) in [5, 5.41) is 2.97. The number of anilines is 1. The number of nitrogens with zero attached hydrogens (tertiary/aromatic N) is 3. The predicted octanol–water partition coefficient (Wildman–Crippen LogP) is 2.79. The van der Waals surface area contributed by atoms with Crippen molar-refractivity contribution in [3.05, 3.63) is 42.2 Å². The van der Waals surface area contributed by atoms with Crippen molar-refractivity contribution >= 4 is 11.6 Å². The molecule has 4 fully saturated rings.